The molecule has 3 aromatic carbocycles. The van der Waals surface area contributed by atoms with E-state index in [2.05, 4.69) is 10.6 Å². The Hall–Kier alpha value is -3.90. The zero-order valence-corrected chi connectivity index (χ0v) is 24.0. The molecule has 0 aliphatic carbocycles. The van der Waals surface area contributed by atoms with E-state index in [-0.39, 0.29) is 23.8 Å². The first-order valence-corrected chi connectivity index (χ1v) is 13.1. The maximum atomic E-state index is 13.3. The molecule has 39 heavy (non-hydrogen) atoms. The number of ether oxygens (including phenoxy) is 2. The molecule has 200 valence electrons. The van der Waals surface area contributed by atoms with E-state index in [0.29, 0.717) is 36.9 Å². The van der Waals surface area contributed by atoms with Crippen LogP contribution in [-0.4, -0.2) is 37.5 Å². The summed E-state index contributed by atoms with van der Waals surface area (Å²) in [5.41, 5.74) is 2.81. The van der Waals surface area contributed by atoms with E-state index in [1.165, 1.54) is 19.3 Å². The molecule has 0 atom stereocenters. The van der Waals surface area contributed by atoms with Crippen molar-refractivity contribution in [2.45, 2.75) is 13.8 Å². The van der Waals surface area contributed by atoms with Gasteiger partial charge in [0.15, 0.2) is 18.1 Å². The van der Waals surface area contributed by atoms with Crippen LogP contribution in [0.5, 0.6) is 11.5 Å². The third-order valence-electron chi connectivity index (χ3n) is 5.76. The molecule has 0 bridgehead atoms. The third-order valence-corrected chi connectivity index (χ3v) is 6.80. The summed E-state index contributed by atoms with van der Waals surface area (Å²) in [5, 5.41) is 5.29. The van der Waals surface area contributed by atoms with Crippen LogP contribution in [-0.2, 0) is 14.4 Å². The van der Waals surface area contributed by atoms with Crippen LogP contribution in [0, 0.1) is 17.4 Å². The van der Waals surface area contributed by atoms with E-state index in [4.69, 9.17) is 21.1 Å². The Morgan fingerprint density at radius 3 is 2.49 bits per heavy atom. The van der Waals surface area contributed by atoms with Crippen molar-refractivity contribution in [1.29, 1.82) is 0 Å². The summed E-state index contributed by atoms with van der Waals surface area (Å²) in [5.74, 6) is -1.36. The lowest BCUT2D eigenvalue weighted by molar-refractivity contribution is -0.122. The zero-order valence-electron chi connectivity index (χ0n) is 21.1. The number of anilines is 2. The van der Waals surface area contributed by atoms with Crippen LogP contribution in [0.4, 0.5) is 16.2 Å². The van der Waals surface area contributed by atoms with Gasteiger partial charge in [-0.15, -0.1) is 0 Å². The van der Waals surface area contributed by atoms with Crippen LogP contribution in [0.15, 0.2) is 60.2 Å². The number of halogens is 2. The molecule has 0 unspecified atom stereocenters. The molecule has 1 saturated heterocycles. The van der Waals surface area contributed by atoms with Gasteiger partial charge in [0, 0.05) is 10.7 Å². The van der Waals surface area contributed by atoms with Crippen molar-refractivity contribution < 1.29 is 28.7 Å². The monoisotopic (exact) mass is 659 g/mol. The fraction of sp³-hybridized carbons (Fsp3) is 0.143. The molecule has 4 rings (SSSR count). The molecular weight excluding hydrogens is 637 g/mol. The molecule has 1 aliphatic heterocycles. The molecule has 1 heterocycles. The van der Waals surface area contributed by atoms with E-state index in [1.807, 2.05) is 41.6 Å². The highest BCUT2D eigenvalue weighted by Crippen LogP contribution is 2.35. The van der Waals surface area contributed by atoms with Crippen molar-refractivity contribution in [3.05, 3.63) is 85.5 Å². The second-order valence-electron chi connectivity index (χ2n) is 8.63. The number of carbonyl (C=O) groups is 4. The predicted molar refractivity (Wildman–Crippen MR) is 156 cm³/mol. The van der Waals surface area contributed by atoms with Gasteiger partial charge in [-0.2, -0.15) is 0 Å². The van der Waals surface area contributed by atoms with Gasteiger partial charge in [-0.1, -0.05) is 35.4 Å². The number of nitrogens with one attached hydrogen (secondary N) is 2. The average Bonchev–Trinajstić information content (AvgIpc) is 2.88. The van der Waals surface area contributed by atoms with Crippen molar-refractivity contribution >= 4 is 75.4 Å². The van der Waals surface area contributed by atoms with Gasteiger partial charge in [-0.3, -0.25) is 19.7 Å². The number of carbonyl (C=O) groups excluding carboxylic acids is 4. The first-order valence-electron chi connectivity index (χ1n) is 11.6. The molecule has 0 spiro atoms. The number of rotatable bonds is 7. The molecular formula is C28H23ClIN3O6. The van der Waals surface area contributed by atoms with Gasteiger partial charge >= 0.3 is 6.03 Å². The number of hydrogen-bond acceptors (Lipinski definition) is 6. The van der Waals surface area contributed by atoms with Crippen molar-refractivity contribution in [1.82, 2.24) is 5.32 Å². The zero-order chi connectivity index (χ0) is 28.3. The van der Waals surface area contributed by atoms with E-state index >= 15 is 0 Å². The lowest BCUT2D eigenvalue weighted by Gasteiger charge is -2.27. The average molecular weight is 660 g/mol. The van der Waals surface area contributed by atoms with Gasteiger partial charge in [-0.05, 0) is 90.0 Å². The van der Waals surface area contributed by atoms with Crippen molar-refractivity contribution in [3.63, 3.8) is 0 Å². The first kappa shape index (κ1) is 28.1. The summed E-state index contributed by atoms with van der Waals surface area (Å²) < 4.78 is 11.8. The lowest BCUT2D eigenvalue weighted by Crippen LogP contribution is -2.54. The van der Waals surface area contributed by atoms with Crippen LogP contribution >= 0.6 is 34.2 Å². The molecule has 0 aromatic heterocycles. The number of benzene rings is 3. The van der Waals surface area contributed by atoms with E-state index in [9.17, 15) is 19.2 Å². The second kappa shape index (κ2) is 11.9. The summed E-state index contributed by atoms with van der Waals surface area (Å²) >= 11 is 8.09. The molecule has 0 radical (unpaired) electrons. The van der Waals surface area contributed by atoms with E-state index < -0.39 is 17.8 Å². The minimum absolute atomic E-state index is 0.252. The summed E-state index contributed by atoms with van der Waals surface area (Å²) in [7, 11) is 1.43. The number of aryl methyl sites for hydroxylation is 2. The van der Waals surface area contributed by atoms with Gasteiger partial charge in [0.2, 0.25) is 0 Å². The van der Waals surface area contributed by atoms with Crippen LogP contribution in [0.25, 0.3) is 6.08 Å². The lowest BCUT2D eigenvalue weighted by atomic mass is 10.1. The maximum Gasteiger partial charge on any atom is 0.335 e. The number of amides is 5. The molecule has 1 aliphatic rings. The van der Waals surface area contributed by atoms with Crippen LogP contribution in [0.1, 0.15) is 16.7 Å². The van der Waals surface area contributed by atoms with Gasteiger partial charge in [0.1, 0.15) is 5.57 Å². The summed E-state index contributed by atoms with van der Waals surface area (Å²) in [4.78, 5) is 51.8. The standard InChI is InChI=1S/C28H23ClIN3O6/c1-15-4-8-19(9-5-15)31-24(34)14-39-25-21(30)11-17(12-23(25)38-3)10-20-26(35)32-28(37)33(27(20)36)22-13-18(29)7-6-16(22)2/h4-13H,14H2,1-3H3,(H,31,34)(H,32,35,37)/b20-10+. The van der Waals surface area contributed by atoms with Crippen LogP contribution in [0.2, 0.25) is 5.02 Å². The van der Waals surface area contributed by atoms with E-state index in [0.717, 1.165) is 10.5 Å². The Bertz CT molecular complexity index is 1520. The SMILES string of the molecule is COc1cc(/C=C2\C(=O)NC(=O)N(c3cc(Cl)ccc3C)C2=O)cc(I)c1OCC(=O)Nc1ccc(C)cc1. The summed E-state index contributed by atoms with van der Waals surface area (Å²) in [6.45, 7) is 3.41. The smallest absolute Gasteiger partial charge is 0.335 e. The number of hydrogen-bond donors (Lipinski definition) is 2. The molecule has 1 fully saturated rings. The molecule has 2 N–H and O–H groups in total. The second-order valence-corrected chi connectivity index (χ2v) is 10.2. The number of imide groups is 2. The topological polar surface area (TPSA) is 114 Å². The van der Waals surface area contributed by atoms with Crippen LogP contribution < -0.4 is 25.0 Å². The minimum Gasteiger partial charge on any atom is -0.493 e. The number of nitrogens with zero attached hydrogens (tertiary/aromatic N) is 1. The van der Waals surface area contributed by atoms with Crippen LogP contribution in [0.3, 0.4) is 0 Å². The Kier molecular flexibility index (Phi) is 8.56. The quantitative estimate of drug-likeness (QED) is 0.204. The molecule has 3 aromatic rings. The fourth-order valence-corrected chi connectivity index (χ4v) is 4.75. The van der Waals surface area contributed by atoms with Gasteiger partial charge in [0.05, 0.1) is 16.4 Å². The largest absolute Gasteiger partial charge is 0.493 e. The highest BCUT2D eigenvalue weighted by molar-refractivity contribution is 14.1. The third kappa shape index (κ3) is 6.40. The van der Waals surface area contributed by atoms with Crippen molar-refractivity contribution in [2.75, 3.05) is 23.9 Å². The number of barbiturate groups is 1. The highest BCUT2D eigenvalue weighted by atomic mass is 127. The molecule has 11 heteroatoms. The predicted octanol–water partition coefficient (Wildman–Crippen LogP) is 5.25. The van der Waals surface area contributed by atoms with Gasteiger partial charge < -0.3 is 14.8 Å². The summed E-state index contributed by atoms with van der Waals surface area (Å²) in [6.07, 6.45) is 1.36. The maximum absolute atomic E-state index is 13.3. The Morgan fingerprint density at radius 1 is 1.08 bits per heavy atom. The fourth-order valence-electron chi connectivity index (χ4n) is 3.80. The van der Waals surface area contributed by atoms with Gasteiger partial charge in [0.25, 0.3) is 17.7 Å². The number of urea groups is 1. The Balaban J connectivity index is 1.57. The van der Waals surface area contributed by atoms with E-state index in [1.54, 1.807) is 43.3 Å². The van der Waals surface area contributed by atoms with Crippen molar-refractivity contribution in [2.24, 2.45) is 0 Å². The Morgan fingerprint density at radius 2 is 1.79 bits per heavy atom. The minimum atomic E-state index is -0.868. The first-order chi connectivity index (χ1) is 18.6. The van der Waals surface area contributed by atoms with Gasteiger partial charge in [-0.25, -0.2) is 9.69 Å². The molecule has 9 nitrogen and oxygen atoms in total. The summed E-state index contributed by atoms with van der Waals surface area (Å²) in [6, 6.07) is 14.5. The molecule has 5 amide bonds. The normalized spacial score (nSPS) is 14.3. The van der Waals surface area contributed by atoms with Crippen molar-refractivity contribution in [3.8, 4) is 11.5 Å². The highest BCUT2D eigenvalue weighted by Gasteiger charge is 2.37. The Labute approximate surface area is 243 Å². The molecule has 0 saturated carbocycles. The number of methoxy groups -OCH3 is 1.